The zero-order valence-electron chi connectivity index (χ0n) is 7.94. The predicted octanol–water partition coefficient (Wildman–Crippen LogP) is 0.590. The molecule has 0 aliphatic heterocycles. The van der Waals surface area contributed by atoms with E-state index in [1.165, 1.54) is 29.7 Å². The molecular formula is C8H8N3O3PS. The molecule has 0 fully saturated rings. The van der Waals surface area contributed by atoms with Gasteiger partial charge in [0, 0.05) is 11.6 Å². The maximum atomic E-state index is 11.2. The van der Waals surface area contributed by atoms with Crippen molar-refractivity contribution in [3.63, 3.8) is 0 Å². The van der Waals surface area contributed by atoms with Crippen LogP contribution in [0.3, 0.4) is 0 Å². The van der Waals surface area contributed by atoms with Crippen LogP contribution in [0.25, 0.3) is 11.4 Å². The average molecular weight is 257 g/mol. The number of pyridine rings is 1. The topological polar surface area (TPSA) is 109 Å². The van der Waals surface area contributed by atoms with Crippen molar-refractivity contribution in [1.29, 1.82) is 0 Å². The second kappa shape index (κ2) is 3.95. The molecule has 0 bridgehead atoms. The fraction of sp³-hybridized carbons (Fsp3) is 0. The molecule has 0 aliphatic carbocycles. The van der Waals surface area contributed by atoms with Gasteiger partial charge in [-0.3, -0.25) is 9.55 Å². The van der Waals surface area contributed by atoms with Crippen molar-refractivity contribution in [2.24, 2.45) is 0 Å². The Hall–Kier alpha value is -1.27. The van der Waals surface area contributed by atoms with E-state index in [-0.39, 0.29) is 11.0 Å². The van der Waals surface area contributed by atoms with Crippen LogP contribution in [0.4, 0.5) is 5.13 Å². The van der Waals surface area contributed by atoms with Crippen LogP contribution in [0.5, 0.6) is 0 Å². The predicted molar refractivity (Wildman–Crippen MR) is 61.4 cm³/mol. The first-order chi connectivity index (χ1) is 7.48. The van der Waals surface area contributed by atoms with Gasteiger partial charge in [0.05, 0.1) is 5.30 Å². The van der Waals surface area contributed by atoms with Crippen LogP contribution in [-0.2, 0) is 4.57 Å². The summed E-state index contributed by atoms with van der Waals surface area (Å²) in [6, 6.07) is 2.80. The van der Waals surface area contributed by atoms with E-state index in [0.717, 1.165) is 0 Å². The molecule has 16 heavy (non-hydrogen) atoms. The van der Waals surface area contributed by atoms with Gasteiger partial charge in [0.15, 0.2) is 5.13 Å². The lowest BCUT2D eigenvalue weighted by atomic mass is 10.3. The lowest BCUT2D eigenvalue weighted by molar-refractivity contribution is 0.387. The van der Waals surface area contributed by atoms with Crippen LogP contribution in [0, 0.1) is 0 Å². The Bertz CT molecular complexity index is 565. The molecule has 8 heteroatoms. The molecule has 6 nitrogen and oxygen atoms in total. The molecule has 2 aromatic rings. The molecule has 2 heterocycles. The number of nitrogen functional groups attached to an aromatic ring is 1. The van der Waals surface area contributed by atoms with Gasteiger partial charge in [-0.2, -0.15) is 0 Å². The zero-order chi connectivity index (χ0) is 11.8. The highest BCUT2D eigenvalue weighted by Gasteiger charge is 2.23. The first-order valence-electron chi connectivity index (χ1n) is 4.21. The summed E-state index contributed by atoms with van der Waals surface area (Å²) in [6.07, 6.45) is 1.45. The minimum absolute atomic E-state index is 0.139. The summed E-state index contributed by atoms with van der Waals surface area (Å²) < 4.78 is 11.2. The highest BCUT2D eigenvalue weighted by Crippen LogP contribution is 2.37. The van der Waals surface area contributed by atoms with Gasteiger partial charge in [0.2, 0.25) is 0 Å². The Labute approximate surface area is 95.0 Å². The Kier molecular flexibility index (Phi) is 2.77. The third-order valence-corrected chi connectivity index (χ3v) is 3.53. The minimum Gasteiger partial charge on any atom is -0.375 e. The second-order valence-corrected chi connectivity index (χ2v) is 5.45. The van der Waals surface area contributed by atoms with Crippen LogP contribution in [-0.4, -0.2) is 19.8 Å². The Morgan fingerprint density at radius 3 is 2.75 bits per heavy atom. The maximum absolute atomic E-state index is 11.2. The summed E-state index contributed by atoms with van der Waals surface area (Å²) in [5.74, 6) is 0. The van der Waals surface area contributed by atoms with Crippen molar-refractivity contribution < 1.29 is 14.4 Å². The fourth-order valence-corrected chi connectivity index (χ4v) is 2.50. The molecule has 0 aromatic carbocycles. The summed E-state index contributed by atoms with van der Waals surface area (Å²) in [6.45, 7) is 0. The van der Waals surface area contributed by atoms with Gasteiger partial charge in [-0.15, -0.1) is 11.3 Å². The SMILES string of the molecule is Nc1nc(-c2ncccc2P(=O)(O)O)cs1. The van der Waals surface area contributed by atoms with Gasteiger partial charge in [-0.25, -0.2) is 4.98 Å². The van der Waals surface area contributed by atoms with E-state index in [0.29, 0.717) is 10.8 Å². The van der Waals surface area contributed by atoms with Gasteiger partial charge < -0.3 is 15.5 Å². The lowest BCUT2D eigenvalue weighted by Gasteiger charge is -2.07. The third kappa shape index (κ3) is 2.12. The molecule has 0 atom stereocenters. The van der Waals surface area contributed by atoms with E-state index in [9.17, 15) is 4.57 Å². The second-order valence-electron chi connectivity index (χ2n) is 2.99. The molecule has 0 saturated heterocycles. The van der Waals surface area contributed by atoms with Crippen LogP contribution >= 0.6 is 18.9 Å². The number of nitrogens with two attached hydrogens (primary N) is 1. The molecule has 2 aromatic heterocycles. The first-order valence-corrected chi connectivity index (χ1v) is 6.70. The Balaban J connectivity index is 2.62. The third-order valence-electron chi connectivity index (χ3n) is 1.86. The summed E-state index contributed by atoms with van der Waals surface area (Å²) in [7, 11) is -4.35. The van der Waals surface area contributed by atoms with Gasteiger partial charge >= 0.3 is 7.60 Å². The molecule has 0 aliphatic rings. The molecule has 4 N–H and O–H groups in total. The molecule has 0 amide bonds. The van der Waals surface area contributed by atoms with E-state index >= 15 is 0 Å². The fourth-order valence-electron chi connectivity index (χ4n) is 1.23. The molecule has 0 spiro atoms. The van der Waals surface area contributed by atoms with E-state index in [1.807, 2.05) is 0 Å². The maximum Gasteiger partial charge on any atom is 0.358 e. The molecular weight excluding hydrogens is 249 g/mol. The number of rotatable bonds is 2. The molecule has 0 saturated carbocycles. The minimum atomic E-state index is -4.35. The lowest BCUT2D eigenvalue weighted by Crippen LogP contribution is -2.09. The normalized spacial score (nSPS) is 11.6. The monoisotopic (exact) mass is 257 g/mol. The average Bonchev–Trinajstić information content (AvgIpc) is 2.64. The van der Waals surface area contributed by atoms with Crippen molar-refractivity contribution in [3.05, 3.63) is 23.7 Å². The van der Waals surface area contributed by atoms with E-state index < -0.39 is 7.60 Å². The number of thiazole rings is 1. The van der Waals surface area contributed by atoms with E-state index in [4.69, 9.17) is 15.5 Å². The van der Waals surface area contributed by atoms with Crippen LogP contribution in [0.15, 0.2) is 23.7 Å². The van der Waals surface area contributed by atoms with Gasteiger partial charge in [-0.1, -0.05) is 0 Å². The highest BCUT2D eigenvalue weighted by atomic mass is 32.1. The molecule has 0 radical (unpaired) electrons. The van der Waals surface area contributed by atoms with E-state index in [2.05, 4.69) is 9.97 Å². The molecule has 2 rings (SSSR count). The van der Waals surface area contributed by atoms with Crippen molar-refractivity contribution in [3.8, 4) is 11.4 Å². The Morgan fingerprint density at radius 2 is 2.19 bits per heavy atom. The summed E-state index contributed by atoms with van der Waals surface area (Å²) in [5.41, 5.74) is 6.01. The summed E-state index contributed by atoms with van der Waals surface area (Å²) in [5, 5.41) is 1.80. The number of anilines is 1. The van der Waals surface area contributed by atoms with Crippen LogP contribution in [0.1, 0.15) is 0 Å². The largest absolute Gasteiger partial charge is 0.375 e. The van der Waals surface area contributed by atoms with Gasteiger partial charge in [-0.05, 0) is 12.1 Å². The van der Waals surface area contributed by atoms with Crippen LogP contribution < -0.4 is 11.0 Å². The molecule has 84 valence electrons. The van der Waals surface area contributed by atoms with Gasteiger partial charge in [0.1, 0.15) is 11.4 Å². The van der Waals surface area contributed by atoms with Crippen LogP contribution in [0.2, 0.25) is 0 Å². The highest BCUT2D eigenvalue weighted by molar-refractivity contribution is 7.60. The quantitative estimate of drug-likeness (QED) is 0.679. The van der Waals surface area contributed by atoms with Crippen molar-refractivity contribution in [2.75, 3.05) is 5.73 Å². The summed E-state index contributed by atoms with van der Waals surface area (Å²) >= 11 is 1.19. The number of hydrogen-bond donors (Lipinski definition) is 3. The number of aromatic nitrogens is 2. The molecule has 0 unspecified atom stereocenters. The van der Waals surface area contributed by atoms with Crippen molar-refractivity contribution >= 4 is 29.4 Å². The Morgan fingerprint density at radius 1 is 1.44 bits per heavy atom. The van der Waals surface area contributed by atoms with Gasteiger partial charge in [0.25, 0.3) is 0 Å². The number of hydrogen-bond acceptors (Lipinski definition) is 5. The number of nitrogens with zero attached hydrogens (tertiary/aromatic N) is 2. The zero-order valence-corrected chi connectivity index (χ0v) is 9.65. The smallest absolute Gasteiger partial charge is 0.358 e. The summed E-state index contributed by atoms with van der Waals surface area (Å²) in [4.78, 5) is 26.2. The first kappa shape index (κ1) is 11.2. The van der Waals surface area contributed by atoms with Crippen molar-refractivity contribution in [1.82, 2.24) is 9.97 Å². The van der Waals surface area contributed by atoms with Crippen molar-refractivity contribution in [2.45, 2.75) is 0 Å². The standard InChI is InChI=1S/C8H8N3O3PS/c9-8-11-5(4-16-8)7-6(15(12,13)14)2-1-3-10-7/h1-4H,(H2,9,11)(H2,12,13,14). The van der Waals surface area contributed by atoms with E-state index in [1.54, 1.807) is 5.38 Å².